The van der Waals surface area contributed by atoms with Gasteiger partial charge in [-0.25, -0.2) is 4.79 Å². The van der Waals surface area contributed by atoms with Gasteiger partial charge in [0.05, 0.1) is 5.56 Å². The van der Waals surface area contributed by atoms with Crippen molar-refractivity contribution in [3.63, 3.8) is 0 Å². The largest absolute Gasteiger partial charge is 0.481 e. The third-order valence-corrected chi connectivity index (χ3v) is 5.39. The predicted molar refractivity (Wildman–Crippen MR) is 115 cm³/mol. The minimum Gasteiger partial charge on any atom is -0.481 e. The number of nitrogens with zero attached hydrogens (tertiary/aromatic N) is 1. The number of carbonyl (C=O) groups excluding carboxylic acids is 1. The highest BCUT2D eigenvalue weighted by atomic mass is 16.4. The lowest BCUT2D eigenvalue weighted by Gasteiger charge is -2.24. The van der Waals surface area contributed by atoms with Crippen molar-refractivity contribution in [1.29, 1.82) is 0 Å². The summed E-state index contributed by atoms with van der Waals surface area (Å²) >= 11 is 0. The lowest BCUT2D eigenvalue weighted by atomic mass is 9.91. The molecule has 1 aromatic heterocycles. The molecule has 1 aliphatic heterocycles. The number of fused-ring (bicyclic) bond motifs is 1. The normalized spacial score (nSPS) is 15.8. The highest BCUT2D eigenvalue weighted by Gasteiger charge is 2.23. The molecule has 0 bridgehead atoms. The molecule has 3 rings (SSSR count). The Morgan fingerprint density at radius 1 is 1.22 bits per heavy atom. The van der Waals surface area contributed by atoms with E-state index < -0.39 is 23.9 Å². The van der Waals surface area contributed by atoms with Crippen LogP contribution in [0, 0.1) is 5.92 Å². The number of nitrogens with two attached hydrogens (primary N) is 1. The molecular weight excluding hydrogens is 418 g/mol. The molecule has 1 aromatic carbocycles. The van der Waals surface area contributed by atoms with Crippen LogP contribution < -0.4 is 21.9 Å². The molecule has 0 spiro atoms. The van der Waals surface area contributed by atoms with Crippen molar-refractivity contribution >= 4 is 29.6 Å². The molecule has 2 heterocycles. The Morgan fingerprint density at radius 3 is 2.59 bits per heavy atom. The van der Waals surface area contributed by atoms with Gasteiger partial charge >= 0.3 is 11.9 Å². The van der Waals surface area contributed by atoms with Crippen LogP contribution in [0.5, 0.6) is 0 Å². The monoisotopic (exact) mass is 443 g/mol. The smallest absolute Gasteiger partial charge is 0.326 e. The van der Waals surface area contributed by atoms with Gasteiger partial charge in [-0.1, -0.05) is 12.1 Å². The molecule has 0 radical (unpaired) electrons. The first kappa shape index (κ1) is 22.8. The van der Waals surface area contributed by atoms with Gasteiger partial charge in [-0.15, -0.1) is 0 Å². The maximum Gasteiger partial charge on any atom is 0.326 e. The molecule has 170 valence electrons. The van der Waals surface area contributed by atoms with Crippen LogP contribution in [0.1, 0.15) is 40.7 Å². The molecule has 0 unspecified atom stereocenters. The first-order valence-electron chi connectivity index (χ1n) is 10.2. The third-order valence-electron chi connectivity index (χ3n) is 5.39. The Morgan fingerprint density at radius 2 is 1.94 bits per heavy atom. The number of benzene rings is 1. The fourth-order valence-electron chi connectivity index (χ4n) is 3.62. The molecule has 11 nitrogen and oxygen atoms in total. The van der Waals surface area contributed by atoms with Gasteiger partial charge in [-0.3, -0.25) is 19.4 Å². The number of nitrogens with one attached hydrogen (secondary N) is 3. The van der Waals surface area contributed by atoms with Gasteiger partial charge in [0, 0.05) is 18.5 Å². The molecule has 1 aliphatic rings. The van der Waals surface area contributed by atoms with E-state index in [2.05, 4.69) is 20.6 Å². The summed E-state index contributed by atoms with van der Waals surface area (Å²) in [5, 5.41) is 23.4. The molecule has 0 fully saturated rings. The molecule has 1 amide bonds. The number of amides is 1. The van der Waals surface area contributed by atoms with Crippen molar-refractivity contribution in [2.75, 3.05) is 17.6 Å². The summed E-state index contributed by atoms with van der Waals surface area (Å²) in [6.45, 7) is 0.677. The van der Waals surface area contributed by atoms with Crippen LogP contribution in [-0.2, 0) is 22.4 Å². The van der Waals surface area contributed by atoms with Crippen LogP contribution in [-0.4, -0.2) is 50.6 Å². The van der Waals surface area contributed by atoms with Gasteiger partial charge in [0.15, 0.2) is 0 Å². The molecule has 7 N–H and O–H groups in total. The average Bonchev–Trinajstić information content (AvgIpc) is 2.75. The molecule has 2 aromatic rings. The van der Waals surface area contributed by atoms with Crippen molar-refractivity contribution in [3.05, 3.63) is 51.3 Å². The first-order chi connectivity index (χ1) is 15.2. The molecule has 11 heteroatoms. The van der Waals surface area contributed by atoms with Gasteiger partial charge in [0.2, 0.25) is 5.95 Å². The number of aromatic amines is 1. The number of carboxylic acid groups (broad SMARTS) is 2. The highest BCUT2D eigenvalue weighted by Crippen LogP contribution is 2.23. The van der Waals surface area contributed by atoms with E-state index in [0.29, 0.717) is 29.9 Å². The number of hydrogen-bond donors (Lipinski definition) is 6. The third kappa shape index (κ3) is 5.84. The summed E-state index contributed by atoms with van der Waals surface area (Å²) in [6, 6.07) is 5.52. The molecule has 32 heavy (non-hydrogen) atoms. The number of anilines is 2. The minimum atomic E-state index is -1.28. The quantitative estimate of drug-likeness (QED) is 0.323. The summed E-state index contributed by atoms with van der Waals surface area (Å²) in [4.78, 5) is 52.9. The number of carbonyl (C=O) groups is 3. The van der Waals surface area contributed by atoms with E-state index >= 15 is 0 Å². The molecule has 0 saturated carbocycles. The molecular formula is C21H25N5O6. The topological polar surface area (TPSA) is 187 Å². The van der Waals surface area contributed by atoms with E-state index in [4.69, 9.17) is 15.9 Å². The summed E-state index contributed by atoms with van der Waals surface area (Å²) in [6.07, 6.45) is 1.60. The van der Waals surface area contributed by atoms with Gasteiger partial charge < -0.3 is 26.6 Å². The number of hydrogen-bond acceptors (Lipinski definition) is 7. The Hall–Kier alpha value is -3.89. The van der Waals surface area contributed by atoms with Crippen LogP contribution >= 0.6 is 0 Å². The van der Waals surface area contributed by atoms with Crippen LogP contribution in [0.25, 0.3) is 0 Å². The first-order valence-corrected chi connectivity index (χ1v) is 10.2. The number of aromatic nitrogens is 2. The average molecular weight is 443 g/mol. The molecule has 0 saturated heterocycles. The molecule has 0 aliphatic carbocycles. The van der Waals surface area contributed by atoms with Crippen molar-refractivity contribution in [3.8, 4) is 0 Å². The highest BCUT2D eigenvalue weighted by molar-refractivity contribution is 5.96. The standard InChI is InChI=1S/C21H25N5O6/c22-21-25-17-14(19(30)26-21)9-12(10-23-17)2-1-11-3-5-13(6-4-11)18(29)24-15(20(31)32)7-8-16(27)28/h3-6,12,15H,1-2,7-10H2,(H,24,29)(H,27,28)(H,31,32)(H4,22,23,25,26,30)/t12-,15+/m0/s1. The Balaban J connectivity index is 1.54. The molecule has 2 atom stereocenters. The van der Waals surface area contributed by atoms with Crippen molar-refractivity contribution in [2.45, 2.75) is 38.1 Å². The summed E-state index contributed by atoms with van der Waals surface area (Å²) < 4.78 is 0. The second kappa shape index (κ2) is 9.94. The van der Waals surface area contributed by atoms with Gasteiger partial charge in [0.25, 0.3) is 11.5 Å². The number of carboxylic acids is 2. The Labute approximate surface area is 183 Å². The second-order valence-electron chi connectivity index (χ2n) is 7.76. The fraction of sp³-hybridized carbons (Fsp3) is 0.381. The zero-order valence-electron chi connectivity index (χ0n) is 17.3. The zero-order valence-corrected chi connectivity index (χ0v) is 17.3. The number of aryl methyl sites for hydroxylation is 1. The van der Waals surface area contributed by atoms with E-state index in [0.717, 1.165) is 18.4 Å². The summed E-state index contributed by atoms with van der Waals surface area (Å²) in [5.41, 5.74) is 7.22. The van der Waals surface area contributed by atoms with E-state index in [9.17, 15) is 19.2 Å². The number of aliphatic carboxylic acids is 2. The number of H-pyrrole nitrogens is 1. The maximum absolute atomic E-state index is 12.3. The van der Waals surface area contributed by atoms with E-state index in [1.54, 1.807) is 24.3 Å². The fourth-order valence-corrected chi connectivity index (χ4v) is 3.62. The van der Waals surface area contributed by atoms with Crippen molar-refractivity contribution in [2.24, 2.45) is 5.92 Å². The number of rotatable bonds is 9. The zero-order chi connectivity index (χ0) is 23.3. The van der Waals surface area contributed by atoms with E-state index in [1.807, 2.05) is 0 Å². The van der Waals surface area contributed by atoms with Crippen LogP contribution in [0.4, 0.5) is 11.8 Å². The number of nitrogen functional groups attached to an aromatic ring is 1. The second-order valence-corrected chi connectivity index (χ2v) is 7.76. The van der Waals surface area contributed by atoms with Crippen molar-refractivity contribution < 1.29 is 24.6 Å². The minimum absolute atomic E-state index is 0.0837. The van der Waals surface area contributed by atoms with Gasteiger partial charge in [-0.05, 0) is 49.3 Å². The lowest BCUT2D eigenvalue weighted by Crippen LogP contribution is -2.41. The summed E-state index contributed by atoms with van der Waals surface area (Å²) in [5.74, 6) is -2.13. The van der Waals surface area contributed by atoms with E-state index in [-0.39, 0.29) is 30.3 Å². The summed E-state index contributed by atoms with van der Waals surface area (Å²) in [7, 11) is 0. The lowest BCUT2D eigenvalue weighted by molar-refractivity contribution is -0.140. The maximum atomic E-state index is 12.3. The van der Waals surface area contributed by atoms with Gasteiger partial charge in [-0.2, -0.15) is 4.98 Å². The SMILES string of the molecule is Nc1nc2c(c(=O)[nH]1)C[C@H](CCc1ccc(C(=O)N[C@H](CCC(=O)O)C(=O)O)cc1)CN2. The Bertz CT molecular complexity index is 1070. The Kier molecular flexibility index (Phi) is 7.08. The van der Waals surface area contributed by atoms with E-state index in [1.165, 1.54) is 0 Å². The predicted octanol–water partition coefficient (Wildman–Crippen LogP) is 0.617. The van der Waals surface area contributed by atoms with Crippen molar-refractivity contribution in [1.82, 2.24) is 15.3 Å². The van der Waals surface area contributed by atoms with Gasteiger partial charge in [0.1, 0.15) is 11.9 Å². The van der Waals surface area contributed by atoms with Crippen LogP contribution in [0.3, 0.4) is 0 Å². The van der Waals surface area contributed by atoms with Crippen LogP contribution in [0.15, 0.2) is 29.1 Å². The van der Waals surface area contributed by atoms with Crippen LogP contribution in [0.2, 0.25) is 0 Å².